The first-order chi connectivity index (χ1) is 14.5. The molecule has 0 bridgehead atoms. The molecule has 0 radical (unpaired) electrons. The largest absolute Gasteiger partial charge is 0.337 e. The minimum absolute atomic E-state index is 0.0200. The van der Waals surface area contributed by atoms with Gasteiger partial charge in [-0.3, -0.25) is 14.5 Å². The molecule has 0 aromatic heterocycles. The second kappa shape index (κ2) is 10.4. The second-order valence-corrected chi connectivity index (χ2v) is 7.87. The van der Waals surface area contributed by atoms with Crippen molar-refractivity contribution in [1.29, 1.82) is 0 Å². The third kappa shape index (κ3) is 5.71. The second-order valence-electron chi connectivity index (χ2n) is 7.47. The molecule has 1 fully saturated rings. The van der Waals surface area contributed by atoms with Gasteiger partial charge in [-0.25, -0.2) is 0 Å². The number of amides is 2. The predicted molar refractivity (Wildman–Crippen MR) is 123 cm³/mol. The molecule has 0 aliphatic carbocycles. The minimum Gasteiger partial charge on any atom is -0.337 e. The summed E-state index contributed by atoms with van der Waals surface area (Å²) in [7, 11) is 0. The molecule has 6 heteroatoms. The van der Waals surface area contributed by atoms with Gasteiger partial charge in [-0.2, -0.15) is 0 Å². The Kier molecular flexibility index (Phi) is 7.66. The molecule has 1 heterocycles. The van der Waals surface area contributed by atoms with Crippen LogP contribution in [0.5, 0.6) is 0 Å². The molecule has 5 nitrogen and oxygen atoms in total. The van der Waals surface area contributed by atoms with Crippen molar-refractivity contribution in [2.24, 2.45) is 0 Å². The number of nitrogens with zero attached hydrogens (tertiary/aromatic N) is 2. The predicted octanol–water partition coefficient (Wildman–Crippen LogP) is 4.09. The molecule has 2 amide bonds. The third-order valence-electron chi connectivity index (χ3n) is 5.36. The Bertz CT molecular complexity index is 934. The summed E-state index contributed by atoms with van der Waals surface area (Å²) in [4.78, 5) is 29.0. The lowest BCUT2D eigenvalue weighted by molar-refractivity contribution is -0.127. The average Bonchev–Trinajstić information content (AvgIpc) is 2.74. The molecule has 2 aromatic rings. The van der Waals surface area contributed by atoms with E-state index in [0.29, 0.717) is 37.7 Å². The summed E-state index contributed by atoms with van der Waals surface area (Å²) in [6, 6.07) is 15.4. The summed E-state index contributed by atoms with van der Waals surface area (Å²) in [6.07, 6.45) is 2.52. The van der Waals surface area contributed by atoms with Gasteiger partial charge < -0.3 is 10.2 Å². The SMILES string of the molecule is CCc1ccccc1NC(=O)CN1CCN(C(=O)/C=C(/C)c2ccccc2Cl)CC1. The molecule has 158 valence electrons. The van der Waals surface area contributed by atoms with Crippen molar-refractivity contribution in [3.63, 3.8) is 0 Å². The molecule has 30 heavy (non-hydrogen) atoms. The Morgan fingerprint density at radius 3 is 2.40 bits per heavy atom. The number of carbonyl (C=O) groups excluding carboxylic acids is 2. The van der Waals surface area contributed by atoms with Crippen LogP contribution in [0.25, 0.3) is 5.57 Å². The maximum absolute atomic E-state index is 12.6. The third-order valence-corrected chi connectivity index (χ3v) is 5.69. The van der Waals surface area contributed by atoms with Crippen molar-refractivity contribution in [1.82, 2.24) is 9.80 Å². The quantitative estimate of drug-likeness (QED) is 0.709. The van der Waals surface area contributed by atoms with Crippen molar-refractivity contribution in [2.45, 2.75) is 20.3 Å². The number of rotatable bonds is 6. The van der Waals surface area contributed by atoms with Gasteiger partial charge in [0.15, 0.2) is 0 Å². The van der Waals surface area contributed by atoms with Crippen molar-refractivity contribution < 1.29 is 9.59 Å². The van der Waals surface area contributed by atoms with Crippen LogP contribution in [0, 0.1) is 0 Å². The van der Waals surface area contributed by atoms with E-state index in [1.54, 1.807) is 6.08 Å². The number of allylic oxidation sites excluding steroid dienone is 1. The number of halogens is 1. The summed E-state index contributed by atoms with van der Waals surface area (Å²) in [6.45, 7) is 6.85. The molecule has 0 unspecified atom stereocenters. The van der Waals surface area contributed by atoms with Crippen LogP contribution in [0.2, 0.25) is 5.02 Å². The van der Waals surface area contributed by atoms with E-state index in [9.17, 15) is 9.59 Å². The van der Waals surface area contributed by atoms with Crippen molar-refractivity contribution in [2.75, 3.05) is 38.0 Å². The summed E-state index contributed by atoms with van der Waals surface area (Å²) in [5.74, 6) is -0.0430. The van der Waals surface area contributed by atoms with Gasteiger partial charge in [0.05, 0.1) is 6.54 Å². The van der Waals surface area contributed by atoms with E-state index >= 15 is 0 Å². The van der Waals surface area contributed by atoms with E-state index in [-0.39, 0.29) is 11.8 Å². The van der Waals surface area contributed by atoms with Gasteiger partial charge in [0.2, 0.25) is 11.8 Å². The molecule has 1 N–H and O–H groups in total. The van der Waals surface area contributed by atoms with E-state index in [1.165, 1.54) is 0 Å². The summed E-state index contributed by atoms with van der Waals surface area (Å²) < 4.78 is 0. The first kappa shape index (κ1) is 22.1. The summed E-state index contributed by atoms with van der Waals surface area (Å²) in [5, 5.41) is 3.65. The number of hydrogen-bond acceptors (Lipinski definition) is 3. The molecule has 1 aliphatic rings. The summed E-state index contributed by atoms with van der Waals surface area (Å²) in [5.41, 5.74) is 3.72. The zero-order chi connectivity index (χ0) is 21.5. The van der Waals surface area contributed by atoms with E-state index in [0.717, 1.165) is 28.8 Å². The van der Waals surface area contributed by atoms with Crippen molar-refractivity contribution in [3.05, 3.63) is 70.8 Å². The molecule has 0 spiro atoms. The van der Waals surface area contributed by atoms with E-state index < -0.39 is 0 Å². The molecule has 3 rings (SSSR count). The fourth-order valence-corrected chi connectivity index (χ4v) is 3.89. The van der Waals surface area contributed by atoms with Gasteiger partial charge in [0.1, 0.15) is 0 Å². The van der Waals surface area contributed by atoms with E-state index in [4.69, 9.17) is 11.6 Å². The topological polar surface area (TPSA) is 52.7 Å². The van der Waals surface area contributed by atoms with E-state index in [1.807, 2.05) is 60.4 Å². The van der Waals surface area contributed by atoms with Crippen molar-refractivity contribution >= 4 is 34.7 Å². The fourth-order valence-electron chi connectivity index (χ4n) is 3.61. The molecule has 0 saturated carbocycles. The lowest BCUT2D eigenvalue weighted by Gasteiger charge is -2.34. The molecular weight excluding hydrogens is 398 g/mol. The number of aryl methyl sites for hydroxylation is 1. The van der Waals surface area contributed by atoms with Crippen molar-refractivity contribution in [3.8, 4) is 0 Å². The Hall–Kier alpha value is -2.63. The number of hydrogen-bond donors (Lipinski definition) is 1. The Morgan fingerprint density at radius 1 is 1.03 bits per heavy atom. The first-order valence-corrected chi connectivity index (χ1v) is 10.7. The maximum atomic E-state index is 12.6. The average molecular weight is 426 g/mol. The normalized spacial score (nSPS) is 15.2. The first-order valence-electron chi connectivity index (χ1n) is 10.3. The van der Waals surface area contributed by atoms with Crippen LogP contribution in [-0.4, -0.2) is 54.3 Å². The zero-order valence-corrected chi connectivity index (χ0v) is 18.3. The summed E-state index contributed by atoms with van der Waals surface area (Å²) >= 11 is 6.22. The highest BCUT2D eigenvalue weighted by Gasteiger charge is 2.22. The Morgan fingerprint density at radius 2 is 1.70 bits per heavy atom. The zero-order valence-electron chi connectivity index (χ0n) is 17.5. The molecule has 1 aliphatic heterocycles. The van der Waals surface area contributed by atoms with Crippen LogP contribution in [0.4, 0.5) is 5.69 Å². The monoisotopic (exact) mass is 425 g/mol. The van der Waals surface area contributed by atoms with Gasteiger partial charge in [0.25, 0.3) is 0 Å². The number of piperazine rings is 1. The molecular formula is C24H28ClN3O2. The standard InChI is InChI=1S/C24H28ClN3O2/c1-3-19-8-4-7-11-22(19)26-23(29)17-27-12-14-28(15-13-27)24(30)16-18(2)20-9-5-6-10-21(20)25/h4-11,16H,3,12-15,17H2,1-2H3,(H,26,29)/b18-16-. The Labute approximate surface area is 183 Å². The number of anilines is 1. The van der Waals surface area contributed by atoms with Crippen LogP contribution in [0.3, 0.4) is 0 Å². The number of para-hydroxylation sites is 1. The lowest BCUT2D eigenvalue weighted by atomic mass is 10.1. The number of carbonyl (C=O) groups is 2. The van der Waals surface area contributed by atoms with Crippen LogP contribution in [0.1, 0.15) is 25.0 Å². The van der Waals surface area contributed by atoms with Gasteiger partial charge in [-0.15, -0.1) is 0 Å². The van der Waals surface area contributed by atoms with Crippen LogP contribution in [0.15, 0.2) is 54.6 Å². The van der Waals surface area contributed by atoms with Gasteiger partial charge >= 0.3 is 0 Å². The number of nitrogens with one attached hydrogen (secondary N) is 1. The highest BCUT2D eigenvalue weighted by molar-refractivity contribution is 6.32. The minimum atomic E-state index is -0.0230. The maximum Gasteiger partial charge on any atom is 0.246 e. The smallest absolute Gasteiger partial charge is 0.246 e. The molecule has 0 atom stereocenters. The van der Waals surface area contributed by atoms with E-state index in [2.05, 4.69) is 17.1 Å². The van der Waals surface area contributed by atoms with Gasteiger partial charge in [-0.1, -0.05) is 54.9 Å². The Balaban J connectivity index is 1.51. The molecule has 2 aromatic carbocycles. The van der Waals surface area contributed by atoms with Crippen LogP contribution < -0.4 is 5.32 Å². The number of benzene rings is 2. The molecule has 1 saturated heterocycles. The van der Waals surface area contributed by atoms with Crippen LogP contribution >= 0.6 is 11.6 Å². The highest BCUT2D eigenvalue weighted by Crippen LogP contribution is 2.23. The van der Waals surface area contributed by atoms with Gasteiger partial charge in [0, 0.05) is 43.0 Å². The lowest BCUT2D eigenvalue weighted by Crippen LogP contribution is -2.50. The van der Waals surface area contributed by atoms with Gasteiger partial charge in [-0.05, 0) is 42.2 Å². The van der Waals surface area contributed by atoms with Crippen LogP contribution in [-0.2, 0) is 16.0 Å². The fraction of sp³-hybridized carbons (Fsp3) is 0.333. The highest BCUT2D eigenvalue weighted by atomic mass is 35.5.